The summed E-state index contributed by atoms with van der Waals surface area (Å²) >= 11 is 23.1. The first kappa shape index (κ1) is 13.5. The van der Waals surface area contributed by atoms with Crippen LogP contribution in [0.25, 0.3) is 0 Å². The number of rotatable bonds is 2. The van der Waals surface area contributed by atoms with Crippen LogP contribution in [0.2, 0.25) is 0 Å². The van der Waals surface area contributed by atoms with E-state index >= 15 is 0 Å². The van der Waals surface area contributed by atoms with Gasteiger partial charge in [-0.2, -0.15) is 9.98 Å². The van der Waals surface area contributed by atoms with Crippen molar-refractivity contribution in [3.05, 3.63) is 0 Å². The third-order valence-corrected chi connectivity index (χ3v) is 2.51. The van der Waals surface area contributed by atoms with Gasteiger partial charge in [-0.3, -0.25) is 0 Å². The fraction of sp³-hybridized carbons (Fsp3) is 0.333. The van der Waals surface area contributed by atoms with Gasteiger partial charge in [0.25, 0.3) is 0 Å². The second-order valence-corrected chi connectivity index (χ2v) is 4.65. The minimum Gasteiger partial charge on any atom is -0.322 e. The van der Waals surface area contributed by atoms with E-state index in [1.165, 1.54) is 12.7 Å². The maximum absolute atomic E-state index is 5.91. The van der Waals surface area contributed by atoms with E-state index in [4.69, 9.17) is 46.4 Å². The normalized spacial score (nSPS) is 34.9. The standard InChI is InChI=1S/C6H4Cl4N8/c7-3-11-1-13-5(9,15-3)17-18-6(10)14-2-12-4(8)16-6/h1-2H,(H,11,13,15)(H,12,14,16). The van der Waals surface area contributed by atoms with Gasteiger partial charge >= 0.3 is 10.5 Å². The number of halogens is 4. The molecule has 2 aliphatic rings. The van der Waals surface area contributed by atoms with Crippen molar-refractivity contribution < 1.29 is 0 Å². The van der Waals surface area contributed by atoms with E-state index in [0.717, 1.165) is 0 Å². The molecule has 0 saturated carbocycles. The van der Waals surface area contributed by atoms with Crippen molar-refractivity contribution in [3.8, 4) is 0 Å². The van der Waals surface area contributed by atoms with E-state index in [0.29, 0.717) is 0 Å². The van der Waals surface area contributed by atoms with Gasteiger partial charge < -0.3 is 10.6 Å². The molecule has 0 bridgehead atoms. The molecule has 0 saturated heterocycles. The monoisotopic (exact) mass is 328 g/mol. The quantitative estimate of drug-likeness (QED) is 0.457. The predicted molar refractivity (Wildman–Crippen MR) is 71.9 cm³/mol. The molecule has 96 valence electrons. The van der Waals surface area contributed by atoms with E-state index in [-0.39, 0.29) is 10.6 Å². The lowest BCUT2D eigenvalue weighted by Gasteiger charge is -2.19. The molecule has 0 fully saturated rings. The highest BCUT2D eigenvalue weighted by Crippen LogP contribution is 2.29. The lowest BCUT2D eigenvalue weighted by atomic mass is 10.8. The molecule has 0 radical (unpaired) electrons. The molecule has 0 aromatic carbocycles. The van der Waals surface area contributed by atoms with Crippen LogP contribution in [0.1, 0.15) is 0 Å². The van der Waals surface area contributed by atoms with Gasteiger partial charge in [-0.15, -0.1) is 10.2 Å². The lowest BCUT2D eigenvalue weighted by Crippen LogP contribution is -2.31. The van der Waals surface area contributed by atoms with Crippen molar-refractivity contribution in [2.24, 2.45) is 30.2 Å². The average molecular weight is 330 g/mol. The van der Waals surface area contributed by atoms with Gasteiger partial charge in [0.05, 0.1) is 12.7 Å². The molecule has 2 unspecified atom stereocenters. The lowest BCUT2D eigenvalue weighted by molar-refractivity contribution is 0.541. The van der Waals surface area contributed by atoms with Gasteiger partial charge in [0.2, 0.25) is 10.6 Å². The maximum atomic E-state index is 5.91. The Morgan fingerprint density at radius 1 is 0.889 bits per heavy atom. The third-order valence-electron chi connectivity index (χ3n) is 1.61. The molecule has 8 nitrogen and oxygen atoms in total. The number of nitrogens with zero attached hydrogens (tertiary/aromatic N) is 6. The van der Waals surface area contributed by atoms with Crippen molar-refractivity contribution in [2.45, 2.75) is 10.5 Å². The highest BCUT2D eigenvalue weighted by atomic mass is 35.5. The second-order valence-electron chi connectivity index (χ2n) is 2.92. The molecule has 2 atom stereocenters. The molecule has 12 heteroatoms. The molecule has 2 rings (SSSR count). The Morgan fingerprint density at radius 3 is 1.61 bits per heavy atom. The molecule has 0 aliphatic carbocycles. The molecular formula is C6H4Cl4N8. The van der Waals surface area contributed by atoms with Crippen LogP contribution >= 0.6 is 46.4 Å². The molecule has 0 amide bonds. The molecule has 18 heavy (non-hydrogen) atoms. The van der Waals surface area contributed by atoms with Gasteiger partial charge in [-0.05, 0) is 46.4 Å². The summed E-state index contributed by atoms with van der Waals surface area (Å²) in [5.41, 5.74) is 0. The topological polar surface area (TPSA) is 98.2 Å². The highest BCUT2D eigenvalue weighted by Gasteiger charge is 2.32. The van der Waals surface area contributed by atoms with Crippen molar-refractivity contribution in [2.75, 3.05) is 0 Å². The smallest absolute Gasteiger partial charge is 0.322 e. The average Bonchev–Trinajstić information content (AvgIpc) is 2.26. The van der Waals surface area contributed by atoms with Crippen LogP contribution in [0.3, 0.4) is 0 Å². The SMILES string of the molecule is ClC1=NC(Cl)(N=NC2(Cl)N=CNC(Cl)=N2)N=CN1. The number of alkyl halides is 2. The Morgan fingerprint density at radius 2 is 1.28 bits per heavy atom. The number of aliphatic imine (C=N–C) groups is 4. The van der Waals surface area contributed by atoms with Crippen molar-refractivity contribution in [1.82, 2.24) is 10.6 Å². The largest absolute Gasteiger partial charge is 0.347 e. The number of hydrogen-bond donors (Lipinski definition) is 2. The summed E-state index contributed by atoms with van der Waals surface area (Å²) < 4.78 is 0. The van der Waals surface area contributed by atoms with Gasteiger partial charge in [0.1, 0.15) is 0 Å². The summed E-state index contributed by atoms with van der Waals surface area (Å²) in [4.78, 5) is 14.9. The van der Waals surface area contributed by atoms with Crippen LogP contribution in [-0.2, 0) is 0 Å². The zero-order chi connectivity index (χ0) is 13.2. The Balaban J connectivity index is 2.21. The fourth-order valence-corrected chi connectivity index (χ4v) is 1.69. The Labute approximate surface area is 121 Å². The molecule has 2 N–H and O–H groups in total. The summed E-state index contributed by atoms with van der Waals surface area (Å²) in [5.74, 6) is 0. The number of azo groups is 1. The number of hydrogen-bond acceptors (Lipinski definition) is 8. The van der Waals surface area contributed by atoms with Crippen molar-refractivity contribution >= 4 is 69.7 Å². The van der Waals surface area contributed by atoms with Crippen LogP contribution in [-0.4, -0.2) is 33.8 Å². The van der Waals surface area contributed by atoms with E-state index in [9.17, 15) is 0 Å². The highest BCUT2D eigenvalue weighted by molar-refractivity contribution is 6.66. The van der Waals surface area contributed by atoms with Crippen LogP contribution in [0, 0.1) is 0 Å². The molecule has 0 aromatic heterocycles. The van der Waals surface area contributed by atoms with Gasteiger partial charge in [-0.1, -0.05) is 0 Å². The summed E-state index contributed by atoms with van der Waals surface area (Å²) in [5, 5.41) is 8.85. The van der Waals surface area contributed by atoms with E-state index in [2.05, 4.69) is 40.8 Å². The predicted octanol–water partition coefficient (Wildman–Crippen LogP) is 1.59. The summed E-state index contributed by atoms with van der Waals surface area (Å²) in [7, 11) is 0. The molecule has 2 aliphatic heterocycles. The zero-order valence-corrected chi connectivity index (χ0v) is 11.4. The molecular weight excluding hydrogens is 326 g/mol. The van der Waals surface area contributed by atoms with Gasteiger partial charge in [0.15, 0.2) is 0 Å². The number of nitrogens with one attached hydrogen (secondary N) is 2. The first-order valence-electron chi connectivity index (χ1n) is 4.34. The minimum absolute atomic E-state index is 0.0120. The summed E-state index contributed by atoms with van der Waals surface area (Å²) in [6.45, 7) is 0. The summed E-state index contributed by atoms with van der Waals surface area (Å²) in [6.07, 6.45) is 2.45. The van der Waals surface area contributed by atoms with E-state index in [1.54, 1.807) is 0 Å². The maximum Gasteiger partial charge on any atom is 0.347 e. The number of amidine groups is 2. The molecule has 2 heterocycles. The third kappa shape index (κ3) is 3.29. The Bertz CT molecular complexity index is 454. The van der Waals surface area contributed by atoms with E-state index in [1.807, 2.05) is 0 Å². The zero-order valence-electron chi connectivity index (χ0n) is 8.35. The van der Waals surface area contributed by atoms with Crippen molar-refractivity contribution in [3.63, 3.8) is 0 Å². The first-order chi connectivity index (χ1) is 8.41. The van der Waals surface area contributed by atoms with Crippen LogP contribution < -0.4 is 10.6 Å². The minimum atomic E-state index is -1.73. The van der Waals surface area contributed by atoms with Gasteiger partial charge in [0, 0.05) is 0 Å². The molecule has 0 spiro atoms. The van der Waals surface area contributed by atoms with E-state index < -0.39 is 10.5 Å². The van der Waals surface area contributed by atoms with Gasteiger partial charge in [-0.25, -0.2) is 9.98 Å². The second kappa shape index (κ2) is 4.96. The van der Waals surface area contributed by atoms with Crippen LogP contribution in [0.15, 0.2) is 30.2 Å². The van der Waals surface area contributed by atoms with Crippen molar-refractivity contribution in [1.29, 1.82) is 0 Å². The Kier molecular flexibility index (Phi) is 3.71. The first-order valence-corrected chi connectivity index (χ1v) is 5.85. The summed E-state index contributed by atoms with van der Waals surface area (Å²) in [6, 6.07) is 0. The fourth-order valence-electron chi connectivity index (χ4n) is 0.931. The van der Waals surface area contributed by atoms with Crippen LogP contribution in [0.4, 0.5) is 0 Å². The molecule has 0 aromatic rings. The Hall–Kier alpha value is -0.960. The van der Waals surface area contributed by atoms with Crippen LogP contribution in [0.5, 0.6) is 0 Å².